The molecule has 1 aromatic rings. The van der Waals surface area contributed by atoms with Crippen LogP contribution in [0.25, 0.3) is 0 Å². The molecule has 3 amide bonds. The third-order valence-electron chi connectivity index (χ3n) is 9.01. The highest BCUT2D eigenvalue weighted by Crippen LogP contribution is 2.59. The van der Waals surface area contributed by atoms with Crippen molar-refractivity contribution in [3.8, 4) is 0 Å². The summed E-state index contributed by atoms with van der Waals surface area (Å²) in [4.78, 5) is 48.2. The van der Waals surface area contributed by atoms with Gasteiger partial charge in [0.25, 0.3) is 5.91 Å². The van der Waals surface area contributed by atoms with E-state index in [1.165, 1.54) is 0 Å². The lowest BCUT2D eigenvalue weighted by Crippen LogP contribution is -2.56. The van der Waals surface area contributed by atoms with Crippen LogP contribution in [0.4, 0.5) is 5.69 Å². The highest BCUT2D eigenvalue weighted by molar-refractivity contribution is 6.05. The first-order valence-corrected chi connectivity index (χ1v) is 15.2. The van der Waals surface area contributed by atoms with E-state index in [4.69, 9.17) is 4.74 Å². The molecule has 2 bridgehead atoms. The number of carbonyl (C=O) groups excluding carboxylic acids is 3. The zero-order chi connectivity index (χ0) is 29.7. The fourth-order valence-corrected chi connectivity index (χ4v) is 7.22. The lowest BCUT2D eigenvalue weighted by molar-refractivity contribution is -0.145. The largest absolute Gasteiger partial charge is 0.396 e. The predicted molar refractivity (Wildman–Crippen MR) is 160 cm³/mol. The summed E-state index contributed by atoms with van der Waals surface area (Å²) in [5.41, 5.74) is 1.76. The van der Waals surface area contributed by atoms with Gasteiger partial charge in [-0.25, -0.2) is 0 Å². The highest BCUT2D eigenvalue weighted by Gasteiger charge is 2.74. The van der Waals surface area contributed by atoms with Gasteiger partial charge in [0.1, 0.15) is 11.6 Å². The molecule has 3 saturated heterocycles. The molecule has 224 valence electrons. The van der Waals surface area contributed by atoms with Crippen molar-refractivity contribution in [1.82, 2.24) is 9.80 Å². The molecule has 0 aromatic heterocycles. The van der Waals surface area contributed by atoms with Crippen LogP contribution >= 0.6 is 0 Å². The third kappa shape index (κ3) is 5.73. The summed E-state index contributed by atoms with van der Waals surface area (Å²) >= 11 is 0. The molecule has 4 rings (SSSR count). The maximum absolute atomic E-state index is 14.7. The van der Waals surface area contributed by atoms with E-state index in [9.17, 15) is 19.5 Å². The van der Waals surface area contributed by atoms with E-state index in [2.05, 4.69) is 13.2 Å². The van der Waals surface area contributed by atoms with Crippen molar-refractivity contribution in [2.75, 3.05) is 37.7 Å². The number of unbranched alkanes of at least 4 members (excludes halogenated alkanes) is 3. The molecule has 3 fully saturated rings. The summed E-state index contributed by atoms with van der Waals surface area (Å²) in [6.07, 6.45) is 8.18. The van der Waals surface area contributed by atoms with Crippen LogP contribution in [0.5, 0.6) is 0 Å². The maximum atomic E-state index is 14.7. The molecular formula is C33H47N3O5. The smallest absolute Gasteiger partial charge is 0.253 e. The van der Waals surface area contributed by atoms with Crippen LogP contribution in [0.3, 0.4) is 0 Å². The predicted octanol–water partition coefficient (Wildman–Crippen LogP) is 4.17. The summed E-state index contributed by atoms with van der Waals surface area (Å²) in [6, 6.07) is 5.20. The Morgan fingerprint density at radius 2 is 1.85 bits per heavy atom. The first-order valence-electron chi connectivity index (χ1n) is 15.2. The Kier molecular flexibility index (Phi) is 10.1. The lowest BCUT2D eigenvalue weighted by atomic mass is 9.70. The SMILES string of the molecule is C=CCN(CCC)C(=O)[C@@H]1[C@H]2C(=O)N(CCCCCCO)C(C(=O)N(CC=C)c3cc(C)ccc3C)C23CC[C@H]1O3. The lowest BCUT2D eigenvalue weighted by Gasteiger charge is -2.37. The minimum atomic E-state index is -1.03. The molecule has 3 aliphatic rings. The first-order chi connectivity index (χ1) is 19.7. The van der Waals surface area contributed by atoms with Gasteiger partial charge in [0, 0.05) is 38.5 Å². The van der Waals surface area contributed by atoms with Gasteiger partial charge in [0.2, 0.25) is 11.8 Å². The minimum Gasteiger partial charge on any atom is -0.396 e. The van der Waals surface area contributed by atoms with Gasteiger partial charge in [-0.2, -0.15) is 0 Å². The molecule has 1 N–H and O–H groups in total. The summed E-state index contributed by atoms with van der Waals surface area (Å²) in [6.45, 7) is 15.6. The van der Waals surface area contributed by atoms with Crippen molar-refractivity contribution < 1.29 is 24.2 Å². The van der Waals surface area contributed by atoms with Crippen molar-refractivity contribution in [3.05, 3.63) is 54.6 Å². The summed E-state index contributed by atoms with van der Waals surface area (Å²) < 4.78 is 6.68. The zero-order valence-corrected chi connectivity index (χ0v) is 25.0. The van der Waals surface area contributed by atoms with E-state index in [-0.39, 0.29) is 30.4 Å². The van der Waals surface area contributed by atoms with Gasteiger partial charge in [-0.15, -0.1) is 13.2 Å². The number of aliphatic hydroxyl groups excluding tert-OH is 1. The van der Waals surface area contributed by atoms with Gasteiger partial charge in [-0.1, -0.05) is 44.1 Å². The van der Waals surface area contributed by atoms with E-state index in [1.54, 1.807) is 26.9 Å². The molecule has 5 atom stereocenters. The number of rotatable bonds is 15. The van der Waals surface area contributed by atoms with E-state index in [0.29, 0.717) is 51.9 Å². The number of hydrogen-bond donors (Lipinski definition) is 1. The monoisotopic (exact) mass is 565 g/mol. The van der Waals surface area contributed by atoms with Gasteiger partial charge in [-0.3, -0.25) is 14.4 Å². The van der Waals surface area contributed by atoms with Crippen LogP contribution in [0.1, 0.15) is 63.0 Å². The molecule has 0 aliphatic carbocycles. The van der Waals surface area contributed by atoms with Crippen molar-refractivity contribution >= 4 is 23.4 Å². The Morgan fingerprint density at radius 3 is 2.54 bits per heavy atom. The molecule has 0 radical (unpaired) electrons. The van der Waals surface area contributed by atoms with Gasteiger partial charge >= 0.3 is 0 Å². The Labute approximate surface area is 245 Å². The van der Waals surface area contributed by atoms with E-state index >= 15 is 0 Å². The molecule has 41 heavy (non-hydrogen) atoms. The number of amides is 3. The van der Waals surface area contributed by atoms with Crippen LogP contribution in [-0.2, 0) is 19.1 Å². The normalized spacial score (nSPS) is 26.2. The quantitative estimate of drug-likeness (QED) is 0.255. The number of hydrogen-bond acceptors (Lipinski definition) is 5. The number of nitrogens with zero attached hydrogens (tertiary/aromatic N) is 3. The van der Waals surface area contributed by atoms with Crippen molar-refractivity contribution in [1.29, 1.82) is 0 Å². The average molecular weight is 566 g/mol. The standard InChI is InChI=1S/C33H47N3O5/c1-6-17-34(18-7-2)30(38)27-26-15-16-33(41-26)28(27)31(39)36(20-11-9-10-12-21-37)29(33)32(40)35(19-8-3)25-22-23(4)13-14-24(25)5/h6,8,13-14,22,26-29,37H,1,3,7,9-12,15-21H2,2,4-5H3/t26-,27+,28+,29?,33?/m1/s1. The summed E-state index contributed by atoms with van der Waals surface area (Å²) in [5.74, 6) is -1.71. The van der Waals surface area contributed by atoms with Crippen LogP contribution in [-0.4, -0.2) is 83.2 Å². The Balaban J connectivity index is 1.74. The third-order valence-corrected chi connectivity index (χ3v) is 9.01. The highest BCUT2D eigenvalue weighted by atomic mass is 16.5. The van der Waals surface area contributed by atoms with E-state index in [0.717, 1.165) is 36.1 Å². The number of benzene rings is 1. The molecule has 8 heteroatoms. The number of aliphatic hydroxyl groups is 1. The second-order valence-electron chi connectivity index (χ2n) is 11.8. The second kappa shape index (κ2) is 13.3. The summed E-state index contributed by atoms with van der Waals surface area (Å²) in [5, 5.41) is 9.20. The molecule has 1 aromatic carbocycles. The van der Waals surface area contributed by atoms with Crippen LogP contribution < -0.4 is 4.90 Å². The molecule has 0 saturated carbocycles. The molecular weight excluding hydrogens is 518 g/mol. The maximum Gasteiger partial charge on any atom is 0.253 e. The first kappa shape index (κ1) is 31.0. The second-order valence-corrected chi connectivity index (χ2v) is 11.8. The van der Waals surface area contributed by atoms with Crippen LogP contribution in [0.15, 0.2) is 43.5 Å². The topological polar surface area (TPSA) is 90.4 Å². The fraction of sp³-hybridized carbons (Fsp3) is 0.606. The molecule has 3 aliphatic heterocycles. The van der Waals surface area contributed by atoms with Crippen molar-refractivity contribution in [2.45, 2.75) is 83.5 Å². The number of anilines is 1. The summed E-state index contributed by atoms with van der Waals surface area (Å²) in [7, 11) is 0. The van der Waals surface area contributed by atoms with Crippen molar-refractivity contribution in [3.63, 3.8) is 0 Å². The van der Waals surface area contributed by atoms with E-state index in [1.807, 2.05) is 39.0 Å². The molecule has 1 spiro atoms. The number of ether oxygens (including phenoxy) is 1. The average Bonchev–Trinajstić information content (AvgIpc) is 3.59. The Bertz CT molecular complexity index is 1150. The number of likely N-dealkylation sites (tertiary alicyclic amines) is 1. The van der Waals surface area contributed by atoms with Crippen molar-refractivity contribution in [2.24, 2.45) is 11.8 Å². The number of carbonyl (C=O) groups is 3. The van der Waals surface area contributed by atoms with Gasteiger partial charge in [-0.05, 0) is 63.1 Å². The Hall–Kier alpha value is -2.97. The van der Waals surface area contributed by atoms with Gasteiger partial charge in [0.05, 0.1) is 17.9 Å². The van der Waals surface area contributed by atoms with Crippen LogP contribution in [0, 0.1) is 25.7 Å². The molecule has 3 heterocycles. The Morgan fingerprint density at radius 1 is 1.12 bits per heavy atom. The zero-order valence-electron chi connectivity index (χ0n) is 25.0. The fourth-order valence-electron chi connectivity index (χ4n) is 7.22. The van der Waals surface area contributed by atoms with Gasteiger partial charge < -0.3 is 24.5 Å². The number of fused-ring (bicyclic) bond motifs is 1. The number of aryl methyl sites for hydroxylation is 2. The molecule has 8 nitrogen and oxygen atoms in total. The van der Waals surface area contributed by atoms with E-state index < -0.39 is 23.5 Å². The van der Waals surface area contributed by atoms with Gasteiger partial charge in [0.15, 0.2) is 0 Å². The molecule has 2 unspecified atom stereocenters. The minimum absolute atomic E-state index is 0.0786. The van der Waals surface area contributed by atoms with Crippen LogP contribution in [0.2, 0.25) is 0 Å².